The molecule has 7 aliphatic rings. The van der Waals surface area contributed by atoms with Crippen LogP contribution in [0.1, 0.15) is 98.4 Å². The zero-order valence-electron chi connectivity index (χ0n) is 45.8. The van der Waals surface area contributed by atoms with Crippen LogP contribution in [-0.2, 0) is 19.1 Å². The monoisotopic (exact) mass is 1090 g/mol. The fraction of sp³-hybridized carbons (Fsp3) is 0.500. The van der Waals surface area contributed by atoms with Gasteiger partial charge in [-0.05, 0) is 127 Å². The highest BCUT2D eigenvalue weighted by Gasteiger charge is 2.48. The van der Waals surface area contributed by atoms with Gasteiger partial charge in [-0.3, -0.25) is 44.2 Å². The van der Waals surface area contributed by atoms with Crippen molar-refractivity contribution >= 4 is 62.9 Å². The number of benzene rings is 3. The molecule has 2 aromatic heterocycles. The lowest BCUT2D eigenvalue weighted by molar-refractivity contribution is -0.136. The number of methoxy groups -OCH3 is 1. The molecule has 20 heteroatoms. The van der Waals surface area contributed by atoms with E-state index in [1.807, 2.05) is 56.0 Å². The SMILES string of the molecule is C#Cc1cccc2cc(OCOC)cc(-c3ncc4c(N5CC6CCC(C5)N6C(=O)OC(C)(C)C)nc(OCC5(CN6CCC(CN7CCN(c8ccc9c(c8)C(=O)N(C8CCC(=O)NC8=O)C9=O)CC7)CC6)CC5)nc4c3F)c12. The van der Waals surface area contributed by atoms with Crippen LogP contribution in [0.25, 0.3) is 32.9 Å². The Balaban J connectivity index is 0.713. The van der Waals surface area contributed by atoms with Crippen molar-refractivity contribution in [2.45, 2.75) is 95.9 Å². The molecule has 0 spiro atoms. The fourth-order valence-corrected chi connectivity index (χ4v) is 12.9. The van der Waals surface area contributed by atoms with Gasteiger partial charge in [0.25, 0.3) is 11.8 Å². The van der Waals surface area contributed by atoms with E-state index in [9.17, 15) is 24.0 Å². The average molecular weight is 1090 g/mol. The van der Waals surface area contributed by atoms with E-state index in [1.165, 1.54) is 7.11 Å². The Labute approximate surface area is 464 Å². The van der Waals surface area contributed by atoms with Crippen molar-refractivity contribution in [1.82, 2.24) is 39.9 Å². The van der Waals surface area contributed by atoms with Gasteiger partial charge in [0, 0.05) is 99.7 Å². The van der Waals surface area contributed by atoms with Crippen LogP contribution in [0.4, 0.5) is 20.7 Å². The van der Waals surface area contributed by atoms with Crippen molar-refractivity contribution in [1.29, 1.82) is 0 Å². The minimum Gasteiger partial charge on any atom is -0.468 e. The number of nitrogens with zero attached hydrogens (tertiary/aromatic N) is 9. The molecule has 1 N–H and O–H groups in total. The van der Waals surface area contributed by atoms with Crippen LogP contribution in [0.5, 0.6) is 11.8 Å². The Bertz CT molecular complexity index is 3350. The number of carbonyl (C=O) groups excluding carboxylic acids is 5. The topological polar surface area (TPSA) is 192 Å². The second-order valence-electron chi connectivity index (χ2n) is 23.7. The largest absolute Gasteiger partial charge is 0.468 e. The van der Waals surface area contributed by atoms with E-state index in [2.05, 4.69) is 30.8 Å². The standard InChI is InChI=1S/C60H67FN10O9/c1-6-37-8-7-9-38-26-42(79-35-77-5)28-45(49(37)38)51-50(61)52-46(29-62-51)53(69-31-40-10-11-41(32-69)70(40)58(76)80-59(2,3)4)65-57(64-52)78-34-60(18-19-60)33-67-20-16-36(17-21-67)30-66-22-24-68(25-23-66)39-12-13-43-44(27-39)56(75)71(55(43)74)47-14-15-48(72)63-54(47)73/h1,7-9,12-13,26-29,36,40-41,47H,10-11,14-25,30-35H2,2-5H3,(H,63,72,73). The number of amides is 5. The van der Waals surface area contributed by atoms with E-state index >= 15 is 4.39 Å². The lowest BCUT2D eigenvalue weighted by atomic mass is 9.94. The number of piperidine rings is 2. The zero-order valence-corrected chi connectivity index (χ0v) is 45.8. The quantitative estimate of drug-likeness (QED) is 0.0707. The third-order valence-electron chi connectivity index (χ3n) is 17.1. The van der Waals surface area contributed by atoms with E-state index in [0.29, 0.717) is 64.6 Å². The number of rotatable bonds is 14. The summed E-state index contributed by atoms with van der Waals surface area (Å²) in [6.07, 6.45) is 13.3. The lowest BCUT2D eigenvalue weighted by Gasteiger charge is -2.42. The van der Waals surface area contributed by atoms with Crippen LogP contribution in [0.2, 0.25) is 0 Å². The first-order valence-corrected chi connectivity index (χ1v) is 28.0. The molecule has 0 radical (unpaired) electrons. The number of hydrogen-bond acceptors (Lipinski definition) is 16. The number of likely N-dealkylation sites (tertiary alicyclic amines) is 1. The molecule has 6 aliphatic heterocycles. The number of terminal acetylenes is 1. The smallest absolute Gasteiger partial charge is 0.410 e. The van der Waals surface area contributed by atoms with Crippen molar-refractivity contribution in [2.75, 3.05) is 95.8 Å². The average Bonchev–Trinajstić information content (AvgIpc) is 4.17. The van der Waals surface area contributed by atoms with Crippen LogP contribution in [-0.4, -0.2) is 174 Å². The number of piperazine rings is 2. The molecular weight excluding hydrogens is 1020 g/mol. The van der Waals surface area contributed by atoms with Gasteiger partial charge >= 0.3 is 12.1 Å². The summed E-state index contributed by atoms with van der Waals surface area (Å²) >= 11 is 0. The number of aromatic nitrogens is 3. The van der Waals surface area contributed by atoms with Gasteiger partial charge in [-0.1, -0.05) is 18.1 Å². The summed E-state index contributed by atoms with van der Waals surface area (Å²) in [6, 6.07) is 13.3. The second kappa shape index (κ2) is 21.2. The maximum absolute atomic E-state index is 17.7. The first kappa shape index (κ1) is 53.2. The van der Waals surface area contributed by atoms with Gasteiger partial charge in [-0.2, -0.15) is 9.97 Å². The number of ether oxygens (including phenoxy) is 4. The summed E-state index contributed by atoms with van der Waals surface area (Å²) in [5, 5.41) is 4.09. The predicted molar refractivity (Wildman–Crippen MR) is 296 cm³/mol. The van der Waals surface area contributed by atoms with Gasteiger partial charge in [0.15, 0.2) is 12.6 Å². The van der Waals surface area contributed by atoms with E-state index in [0.717, 1.165) is 107 Å². The second-order valence-corrected chi connectivity index (χ2v) is 23.7. The molecule has 3 atom stereocenters. The number of imide groups is 2. The molecule has 6 fully saturated rings. The molecule has 12 rings (SSSR count). The van der Waals surface area contributed by atoms with E-state index in [4.69, 9.17) is 40.3 Å². The van der Waals surface area contributed by atoms with E-state index in [-0.39, 0.29) is 66.0 Å². The molecule has 2 bridgehead atoms. The molecule has 418 valence electrons. The molecule has 80 heavy (non-hydrogen) atoms. The lowest BCUT2D eigenvalue weighted by Crippen LogP contribution is -2.57. The van der Waals surface area contributed by atoms with Gasteiger partial charge in [-0.25, -0.2) is 9.18 Å². The molecule has 5 aromatic rings. The van der Waals surface area contributed by atoms with Crippen molar-refractivity contribution in [3.8, 4) is 35.4 Å². The third-order valence-corrected chi connectivity index (χ3v) is 17.1. The highest BCUT2D eigenvalue weighted by Crippen LogP contribution is 2.48. The zero-order chi connectivity index (χ0) is 55.6. The Morgan fingerprint density at radius 2 is 1.60 bits per heavy atom. The van der Waals surface area contributed by atoms with E-state index < -0.39 is 41.1 Å². The summed E-state index contributed by atoms with van der Waals surface area (Å²) in [4.78, 5) is 91.6. The molecule has 3 aromatic carbocycles. The first-order valence-electron chi connectivity index (χ1n) is 28.0. The number of hydrogen-bond donors (Lipinski definition) is 1. The van der Waals surface area contributed by atoms with Crippen molar-refractivity contribution in [3.63, 3.8) is 0 Å². The summed E-state index contributed by atoms with van der Waals surface area (Å²) in [6.45, 7) is 14.1. The number of fused-ring (bicyclic) bond motifs is 5. The maximum atomic E-state index is 17.7. The molecule has 5 amide bonds. The Kier molecular flexibility index (Phi) is 14.1. The van der Waals surface area contributed by atoms with Crippen molar-refractivity contribution in [2.24, 2.45) is 11.3 Å². The maximum Gasteiger partial charge on any atom is 0.410 e. The Morgan fingerprint density at radius 3 is 2.30 bits per heavy atom. The Morgan fingerprint density at radius 1 is 0.850 bits per heavy atom. The molecule has 5 saturated heterocycles. The molecule has 3 unspecified atom stereocenters. The number of pyridine rings is 1. The highest BCUT2D eigenvalue weighted by atomic mass is 19.1. The van der Waals surface area contributed by atoms with Crippen molar-refractivity contribution in [3.05, 3.63) is 77.2 Å². The predicted octanol–water partition coefficient (Wildman–Crippen LogP) is 6.63. The molecule has 19 nitrogen and oxygen atoms in total. The molecule has 1 saturated carbocycles. The minimum absolute atomic E-state index is 0.0104. The van der Waals surface area contributed by atoms with Gasteiger partial charge in [0.2, 0.25) is 11.8 Å². The fourth-order valence-electron chi connectivity index (χ4n) is 12.9. The molecule has 8 heterocycles. The highest BCUT2D eigenvalue weighted by molar-refractivity contribution is 6.23. The van der Waals surface area contributed by atoms with Gasteiger partial charge in [0.1, 0.15) is 34.4 Å². The number of carbonyl (C=O) groups is 5. The molecule has 1 aliphatic carbocycles. The minimum atomic E-state index is -0.995. The van der Waals surface area contributed by atoms with E-state index in [1.54, 1.807) is 24.4 Å². The van der Waals surface area contributed by atoms with Gasteiger partial charge < -0.3 is 33.6 Å². The third kappa shape index (κ3) is 10.3. The number of nitrogens with one attached hydrogen (secondary N) is 1. The summed E-state index contributed by atoms with van der Waals surface area (Å²) < 4.78 is 41.2. The summed E-state index contributed by atoms with van der Waals surface area (Å²) in [5.74, 6) is 1.62. The van der Waals surface area contributed by atoms with Crippen LogP contribution < -0.4 is 24.6 Å². The summed E-state index contributed by atoms with van der Waals surface area (Å²) in [5.41, 5.74) is 1.87. The van der Waals surface area contributed by atoms with Crippen LogP contribution >= 0.6 is 0 Å². The first-order chi connectivity index (χ1) is 38.6. The van der Waals surface area contributed by atoms with Gasteiger partial charge in [-0.15, -0.1) is 6.42 Å². The normalized spacial score (nSPS) is 22.5. The van der Waals surface area contributed by atoms with Crippen molar-refractivity contribution < 1.29 is 47.3 Å². The van der Waals surface area contributed by atoms with Crippen LogP contribution in [0.15, 0.2) is 54.7 Å². The van der Waals surface area contributed by atoms with Crippen LogP contribution in [0.3, 0.4) is 0 Å². The number of halogens is 1. The number of anilines is 2. The Hall–Kier alpha value is -7.47. The summed E-state index contributed by atoms with van der Waals surface area (Å²) in [7, 11) is 1.53. The van der Waals surface area contributed by atoms with Crippen LogP contribution in [0, 0.1) is 29.5 Å². The van der Waals surface area contributed by atoms with Gasteiger partial charge in [0.05, 0.1) is 35.2 Å². The molecular formula is C60H67FN10O9.